The Labute approximate surface area is 119 Å². The lowest BCUT2D eigenvalue weighted by Crippen LogP contribution is -2.27. The Hall–Kier alpha value is -1.88. The number of rotatable bonds is 2. The van der Waals surface area contributed by atoms with Gasteiger partial charge in [-0.2, -0.15) is 0 Å². The van der Waals surface area contributed by atoms with Gasteiger partial charge in [0.1, 0.15) is 17.0 Å². The molecule has 5 heteroatoms. The van der Waals surface area contributed by atoms with Crippen LogP contribution < -0.4 is 4.90 Å². The van der Waals surface area contributed by atoms with Gasteiger partial charge in [-0.3, -0.25) is 9.69 Å². The number of thioether (sulfide) groups is 1. The minimum atomic E-state index is -0.398. The molecule has 2 aromatic rings. The number of nitrogens with zero attached hydrogens (tertiary/aromatic N) is 1. The molecule has 0 N–H and O–H groups in total. The maximum absolute atomic E-state index is 13.3. The smallest absolute Gasteiger partial charge is 0.238 e. The molecule has 0 spiro atoms. The van der Waals surface area contributed by atoms with Crippen molar-refractivity contribution in [3.05, 3.63) is 65.7 Å². The van der Waals surface area contributed by atoms with Gasteiger partial charge in [-0.1, -0.05) is 18.2 Å². The highest BCUT2D eigenvalue weighted by Gasteiger charge is 2.34. The molecule has 1 heterocycles. The summed E-state index contributed by atoms with van der Waals surface area (Å²) in [5.41, 5.74) is 1.19. The molecule has 0 aromatic heterocycles. The van der Waals surface area contributed by atoms with Crippen LogP contribution in [-0.4, -0.2) is 11.7 Å². The Morgan fingerprint density at radius 3 is 2.45 bits per heavy atom. The van der Waals surface area contributed by atoms with Gasteiger partial charge in [0.2, 0.25) is 5.91 Å². The molecular weight excluding hydrogens is 280 g/mol. The zero-order valence-corrected chi connectivity index (χ0v) is 11.2. The van der Waals surface area contributed by atoms with E-state index in [1.807, 2.05) is 0 Å². The first-order chi connectivity index (χ1) is 9.65. The van der Waals surface area contributed by atoms with Crippen LogP contribution in [0.25, 0.3) is 0 Å². The molecule has 0 bridgehead atoms. The maximum Gasteiger partial charge on any atom is 0.238 e. The molecule has 20 heavy (non-hydrogen) atoms. The highest BCUT2D eigenvalue weighted by Crippen LogP contribution is 2.41. The summed E-state index contributed by atoms with van der Waals surface area (Å²) in [5, 5.41) is -0.319. The topological polar surface area (TPSA) is 20.3 Å². The van der Waals surface area contributed by atoms with E-state index < -0.39 is 5.82 Å². The lowest BCUT2D eigenvalue weighted by molar-refractivity contribution is -0.115. The van der Waals surface area contributed by atoms with Crippen molar-refractivity contribution in [1.82, 2.24) is 0 Å². The van der Waals surface area contributed by atoms with Crippen molar-refractivity contribution >= 4 is 23.4 Å². The fraction of sp³-hybridized carbons (Fsp3) is 0.133. The number of benzene rings is 2. The molecule has 1 amide bonds. The van der Waals surface area contributed by atoms with Crippen molar-refractivity contribution in [2.45, 2.75) is 5.37 Å². The second-order valence-electron chi connectivity index (χ2n) is 4.46. The number of carbonyl (C=O) groups is 1. The van der Waals surface area contributed by atoms with E-state index in [-0.39, 0.29) is 17.1 Å². The maximum atomic E-state index is 13.3. The largest absolute Gasteiger partial charge is 0.295 e. The Balaban J connectivity index is 2.01. The number of hydrogen-bond acceptors (Lipinski definition) is 2. The molecular formula is C15H11F2NOS. The third-order valence-electron chi connectivity index (χ3n) is 3.09. The quantitative estimate of drug-likeness (QED) is 0.840. The third-order valence-corrected chi connectivity index (χ3v) is 4.30. The van der Waals surface area contributed by atoms with E-state index in [9.17, 15) is 13.6 Å². The van der Waals surface area contributed by atoms with Gasteiger partial charge in [0.15, 0.2) is 0 Å². The van der Waals surface area contributed by atoms with Gasteiger partial charge in [-0.15, -0.1) is 11.8 Å². The predicted octanol–water partition coefficient (Wildman–Crippen LogP) is 3.74. The second-order valence-corrected chi connectivity index (χ2v) is 5.53. The van der Waals surface area contributed by atoms with E-state index in [1.54, 1.807) is 24.3 Å². The summed E-state index contributed by atoms with van der Waals surface area (Å²) in [6.07, 6.45) is 0. The summed E-state index contributed by atoms with van der Waals surface area (Å²) < 4.78 is 26.7. The Bertz CT molecular complexity index is 662. The average Bonchev–Trinajstić information content (AvgIpc) is 2.80. The van der Waals surface area contributed by atoms with Crippen molar-refractivity contribution in [1.29, 1.82) is 0 Å². The average molecular weight is 291 g/mol. The van der Waals surface area contributed by atoms with Gasteiger partial charge in [0, 0.05) is 5.69 Å². The highest BCUT2D eigenvalue weighted by atomic mass is 32.2. The van der Waals surface area contributed by atoms with Crippen LogP contribution >= 0.6 is 11.8 Å². The Morgan fingerprint density at radius 2 is 1.75 bits per heavy atom. The van der Waals surface area contributed by atoms with E-state index in [0.29, 0.717) is 17.0 Å². The van der Waals surface area contributed by atoms with Gasteiger partial charge in [0.05, 0.1) is 5.75 Å². The summed E-state index contributed by atoms with van der Waals surface area (Å²) in [5.74, 6) is -0.542. The van der Waals surface area contributed by atoms with Crippen LogP contribution in [0, 0.1) is 11.6 Å². The zero-order chi connectivity index (χ0) is 14.1. The second kappa shape index (κ2) is 5.25. The lowest BCUT2D eigenvalue weighted by Gasteiger charge is -2.24. The van der Waals surface area contributed by atoms with Crippen LogP contribution in [0.2, 0.25) is 0 Å². The van der Waals surface area contributed by atoms with Crippen molar-refractivity contribution in [3.63, 3.8) is 0 Å². The van der Waals surface area contributed by atoms with Gasteiger partial charge in [-0.05, 0) is 35.9 Å². The minimum Gasteiger partial charge on any atom is -0.295 e. The molecule has 1 saturated heterocycles. The number of amides is 1. The van der Waals surface area contributed by atoms with Gasteiger partial charge in [0.25, 0.3) is 0 Å². The third kappa shape index (κ3) is 2.41. The standard InChI is InChI=1S/C15H11F2NOS/c16-11-4-1-3-10(7-11)15-18(14(19)9-20-15)13-6-2-5-12(17)8-13/h1-8,15H,9H2. The molecule has 1 aliphatic heterocycles. The molecule has 3 rings (SSSR count). The zero-order valence-electron chi connectivity index (χ0n) is 10.4. The van der Waals surface area contributed by atoms with Crippen LogP contribution in [0.4, 0.5) is 14.5 Å². The summed E-state index contributed by atoms with van der Waals surface area (Å²) >= 11 is 1.41. The monoisotopic (exact) mass is 291 g/mol. The first-order valence-electron chi connectivity index (χ1n) is 6.10. The fourth-order valence-electron chi connectivity index (χ4n) is 2.24. The predicted molar refractivity (Wildman–Crippen MR) is 75.5 cm³/mol. The van der Waals surface area contributed by atoms with Crippen LogP contribution in [0.5, 0.6) is 0 Å². The van der Waals surface area contributed by atoms with E-state index in [1.165, 1.54) is 40.9 Å². The highest BCUT2D eigenvalue weighted by molar-refractivity contribution is 8.00. The number of anilines is 1. The van der Waals surface area contributed by atoms with Gasteiger partial charge >= 0.3 is 0 Å². The fourth-order valence-corrected chi connectivity index (χ4v) is 3.40. The molecule has 1 fully saturated rings. The molecule has 0 radical (unpaired) electrons. The van der Waals surface area contributed by atoms with Gasteiger partial charge in [-0.25, -0.2) is 8.78 Å². The molecule has 2 nitrogen and oxygen atoms in total. The summed E-state index contributed by atoms with van der Waals surface area (Å²) in [6, 6.07) is 12.0. The van der Waals surface area contributed by atoms with Crippen LogP contribution in [0.15, 0.2) is 48.5 Å². The lowest BCUT2D eigenvalue weighted by atomic mass is 10.2. The van der Waals surface area contributed by atoms with Crippen molar-refractivity contribution in [2.75, 3.05) is 10.7 Å². The SMILES string of the molecule is O=C1CSC(c2cccc(F)c2)N1c1cccc(F)c1. The molecule has 102 valence electrons. The Kier molecular flexibility index (Phi) is 3.44. The van der Waals surface area contributed by atoms with Crippen molar-refractivity contribution in [2.24, 2.45) is 0 Å². The van der Waals surface area contributed by atoms with Crippen molar-refractivity contribution < 1.29 is 13.6 Å². The molecule has 0 aliphatic carbocycles. The number of carbonyl (C=O) groups excluding carboxylic acids is 1. The van der Waals surface area contributed by atoms with Crippen molar-refractivity contribution in [3.8, 4) is 0 Å². The summed E-state index contributed by atoms with van der Waals surface area (Å²) in [6.45, 7) is 0. The number of hydrogen-bond donors (Lipinski definition) is 0. The Morgan fingerprint density at radius 1 is 1.05 bits per heavy atom. The van der Waals surface area contributed by atoms with E-state index >= 15 is 0 Å². The van der Waals surface area contributed by atoms with Gasteiger partial charge < -0.3 is 0 Å². The first-order valence-corrected chi connectivity index (χ1v) is 7.15. The molecule has 1 unspecified atom stereocenters. The van der Waals surface area contributed by atoms with E-state index in [2.05, 4.69) is 0 Å². The minimum absolute atomic E-state index is 0.102. The van der Waals surface area contributed by atoms with E-state index in [0.717, 1.165) is 0 Å². The van der Waals surface area contributed by atoms with Crippen LogP contribution in [-0.2, 0) is 4.79 Å². The van der Waals surface area contributed by atoms with Crippen LogP contribution in [0.1, 0.15) is 10.9 Å². The number of halogens is 2. The summed E-state index contributed by atoms with van der Waals surface area (Å²) in [7, 11) is 0. The molecule has 2 aromatic carbocycles. The normalized spacial score (nSPS) is 18.6. The van der Waals surface area contributed by atoms with E-state index in [4.69, 9.17) is 0 Å². The first kappa shape index (κ1) is 13.1. The van der Waals surface area contributed by atoms with Crippen LogP contribution in [0.3, 0.4) is 0 Å². The summed E-state index contributed by atoms with van der Waals surface area (Å²) in [4.78, 5) is 13.6. The molecule has 1 aliphatic rings. The molecule has 1 atom stereocenters. The molecule has 0 saturated carbocycles.